The van der Waals surface area contributed by atoms with Gasteiger partial charge in [0.15, 0.2) is 5.82 Å². The topological polar surface area (TPSA) is 49.3 Å². The lowest BCUT2D eigenvalue weighted by molar-refractivity contribution is -0.131. The van der Waals surface area contributed by atoms with Gasteiger partial charge in [0.1, 0.15) is 17.3 Å². The van der Waals surface area contributed by atoms with E-state index in [-0.39, 0.29) is 41.6 Å². The SMILES string of the molecule is C[C@H]1CN(C(=O)Cc2ccc(F)c(Cl)c2)CCN1c1nnc(-c2ccc(F)cc2)c2ccccc12.Cl. The van der Waals surface area contributed by atoms with E-state index in [4.69, 9.17) is 11.6 Å². The highest BCUT2D eigenvalue weighted by molar-refractivity contribution is 6.30. The van der Waals surface area contributed by atoms with Crippen molar-refractivity contribution in [1.29, 1.82) is 0 Å². The molecule has 2 heterocycles. The van der Waals surface area contributed by atoms with E-state index in [1.165, 1.54) is 24.3 Å². The highest BCUT2D eigenvalue weighted by Gasteiger charge is 2.29. The minimum atomic E-state index is -0.496. The highest BCUT2D eigenvalue weighted by atomic mass is 35.5. The van der Waals surface area contributed by atoms with Gasteiger partial charge in [0, 0.05) is 42.0 Å². The number of nitrogens with zero attached hydrogens (tertiary/aromatic N) is 4. The predicted molar refractivity (Wildman–Crippen MR) is 141 cm³/mol. The van der Waals surface area contributed by atoms with E-state index in [2.05, 4.69) is 22.0 Å². The molecule has 1 aromatic heterocycles. The van der Waals surface area contributed by atoms with Crippen LogP contribution in [0, 0.1) is 11.6 Å². The molecule has 4 aromatic rings. The molecule has 1 saturated heterocycles. The molecule has 0 saturated carbocycles. The molecule has 1 aliphatic rings. The minimum absolute atomic E-state index is 0. The van der Waals surface area contributed by atoms with Gasteiger partial charge in [-0.2, -0.15) is 0 Å². The Morgan fingerprint density at radius 1 is 1.00 bits per heavy atom. The number of aromatic nitrogens is 2. The van der Waals surface area contributed by atoms with Gasteiger partial charge in [-0.25, -0.2) is 8.78 Å². The maximum absolute atomic E-state index is 13.4. The summed E-state index contributed by atoms with van der Waals surface area (Å²) in [6, 6.07) is 18.5. The summed E-state index contributed by atoms with van der Waals surface area (Å²) in [5.74, 6) is -0.0616. The van der Waals surface area contributed by atoms with Gasteiger partial charge in [-0.05, 0) is 48.9 Å². The Hall–Kier alpha value is -3.29. The Labute approximate surface area is 219 Å². The Morgan fingerprint density at radius 2 is 1.72 bits per heavy atom. The Morgan fingerprint density at radius 3 is 2.42 bits per heavy atom. The van der Waals surface area contributed by atoms with Gasteiger partial charge in [-0.1, -0.05) is 41.9 Å². The molecule has 9 heteroatoms. The summed E-state index contributed by atoms with van der Waals surface area (Å²) in [6.45, 7) is 3.72. The predicted octanol–water partition coefficient (Wildman–Crippen LogP) is 5.93. The molecule has 0 aliphatic carbocycles. The minimum Gasteiger partial charge on any atom is -0.348 e. The van der Waals surface area contributed by atoms with Gasteiger partial charge in [0.2, 0.25) is 5.91 Å². The van der Waals surface area contributed by atoms with Crippen molar-refractivity contribution < 1.29 is 13.6 Å². The van der Waals surface area contributed by atoms with E-state index in [1.807, 2.05) is 29.2 Å². The molecule has 0 radical (unpaired) electrons. The van der Waals surface area contributed by atoms with Crippen LogP contribution in [-0.2, 0) is 11.2 Å². The molecule has 0 N–H and O–H groups in total. The van der Waals surface area contributed by atoms with Crippen molar-refractivity contribution in [3.63, 3.8) is 0 Å². The monoisotopic (exact) mass is 528 g/mol. The summed E-state index contributed by atoms with van der Waals surface area (Å²) in [7, 11) is 0. The molecular weight excluding hydrogens is 505 g/mol. The largest absolute Gasteiger partial charge is 0.348 e. The first kappa shape index (κ1) is 25.8. The van der Waals surface area contributed by atoms with Gasteiger partial charge in [-0.3, -0.25) is 4.79 Å². The lowest BCUT2D eigenvalue weighted by Gasteiger charge is -2.40. The summed E-state index contributed by atoms with van der Waals surface area (Å²) in [5.41, 5.74) is 2.18. The van der Waals surface area contributed by atoms with Gasteiger partial charge >= 0.3 is 0 Å². The smallest absolute Gasteiger partial charge is 0.227 e. The van der Waals surface area contributed by atoms with E-state index in [0.29, 0.717) is 30.9 Å². The molecule has 0 bridgehead atoms. The Bertz CT molecular complexity index is 1400. The molecule has 1 fully saturated rings. The van der Waals surface area contributed by atoms with Crippen molar-refractivity contribution in [3.05, 3.63) is 89.0 Å². The normalized spacial score (nSPS) is 15.6. The number of carbonyl (C=O) groups excluding carboxylic acids is 1. The fourth-order valence-electron chi connectivity index (χ4n) is 4.56. The second kappa shape index (κ2) is 10.8. The Balaban J connectivity index is 0.00000304. The molecule has 0 spiro atoms. The Kier molecular flexibility index (Phi) is 7.71. The first-order chi connectivity index (χ1) is 16.9. The fourth-order valence-corrected chi connectivity index (χ4v) is 4.76. The van der Waals surface area contributed by atoms with Crippen LogP contribution < -0.4 is 4.90 Å². The number of amides is 1. The quantitative estimate of drug-likeness (QED) is 0.329. The van der Waals surface area contributed by atoms with Crippen LogP contribution in [0.15, 0.2) is 66.7 Å². The van der Waals surface area contributed by atoms with E-state index >= 15 is 0 Å². The molecule has 3 aromatic carbocycles. The number of anilines is 1. The van der Waals surface area contributed by atoms with Gasteiger partial charge < -0.3 is 9.80 Å². The highest BCUT2D eigenvalue weighted by Crippen LogP contribution is 2.33. The second-order valence-corrected chi connectivity index (χ2v) is 9.14. The first-order valence-corrected chi connectivity index (χ1v) is 11.8. The van der Waals surface area contributed by atoms with Crippen LogP contribution in [0.5, 0.6) is 0 Å². The van der Waals surface area contributed by atoms with Crippen LogP contribution in [0.1, 0.15) is 12.5 Å². The van der Waals surface area contributed by atoms with E-state index in [1.54, 1.807) is 18.2 Å². The molecule has 36 heavy (non-hydrogen) atoms. The van der Waals surface area contributed by atoms with Crippen LogP contribution in [0.4, 0.5) is 14.6 Å². The number of fused-ring (bicyclic) bond motifs is 1. The third kappa shape index (κ3) is 5.13. The molecule has 1 atom stereocenters. The van der Waals surface area contributed by atoms with Crippen LogP contribution in [0.2, 0.25) is 5.02 Å². The number of hydrogen-bond acceptors (Lipinski definition) is 4. The number of piperazine rings is 1. The molecule has 5 rings (SSSR count). The number of benzene rings is 3. The zero-order valence-electron chi connectivity index (χ0n) is 19.5. The molecular formula is C27H24Cl2F2N4O. The van der Waals surface area contributed by atoms with Crippen molar-refractivity contribution >= 4 is 46.5 Å². The maximum atomic E-state index is 13.4. The maximum Gasteiger partial charge on any atom is 0.227 e. The number of rotatable bonds is 4. The summed E-state index contributed by atoms with van der Waals surface area (Å²) < 4.78 is 26.9. The summed E-state index contributed by atoms with van der Waals surface area (Å²) in [5, 5.41) is 11.0. The van der Waals surface area contributed by atoms with Crippen LogP contribution >= 0.6 is 24.0 Å². The summed E-state index contributed by atoms with van der Waals surface area (Å²) in [4.78, 5) is 16.9. The van der Waals surface area contributed by atoms with Crippen LogP contribution in [-0.4, -0.2) is 46.7 Å². The molecule has 5 nitrogen and oxygen atoms in total. The van der Waals surface area contributed by atoms with Crippen LogP contribution in [0.3, 0.4) is 0 Å². The standard InChI is InChI=1S/C27H23ClF2N4O.ClH/c1-17-16-33(25(35)15-18-6-11-24(30)23(28)14-18)12-13-34(17)27-22-5-3-2-4-21(22)26(31-32-27)19-7-9-20(29)10-8-19;/h2-11,14,17H,12-13,15-16H2,1H3;1H/t17-;/m0./s1. The fraction of sp³-hybridized carbons (Fsp3) is 0.222. The zero-order chi connectivity index (χ0) is 24.5. The van der Waals surface area contributed by atoms with Crippen molar-refractivity contribution in [2.24, 2.45) is 0 Å². The van der Waals surface area contributed by atoms with Gasteiger partial charge in [-0.15, -0.1) is 22.6 Å². The molecule has 0 unspecified atom stereocenters. The zero-order valence-corrected chi connectivity index (χ0v) is 21.1. The van der Waals surface area contributed by atoms with Gasteiger partial charge in [0.25, 0.3) is 0 Å². The van der Waals surface area contributed by atoms with Crippen molar-refractivity contribution in [1.82, 2.24) is 15.1 Å². The number of hydrogen-bond donors (Lipinski definition) is 0. The molecule has 1 amide bonds. The third-order valence-corrected chi connectivity index (χ3v) is 6.67. The van der Waals surface area contributed by atoms with Crippen LogP contribution in [0.25, 0.3) is 22.0 Å². The van der Waals surface area contributed by atoms with E-state index in [0.717, 1.165) is 22.2 Å². The first-order valence-electron chi connectivity index (χ1n) is 11.4. The molecule has 186 valence electrons. The van der Waals surface area contributed by atoms with Crippen molar-refractivity contribution in [2.75, 3.05) is 24.5 Å². The third-order valence-electron chi connectivity index (χ3n) is 6.38. The average Bonchev–Trinajstić information content (AvgIpc) is 2.86. The van der Waals surface area contributed by atoms with E-state index in [9.17, 15) is 13.6 Å². The lowest BCUT2D eigenvalue weighted by Crippen LogP contribution is -2.54. The summed E-state index contributed by atoms with van der Waals surface area (Å²) in [6.07, 6.45) is 0.168. The van der Waals surface area contributed by atoms with Crippen molar-refractivity contribution in [2.45, 2.75) is 19.4 Å². The molecule has 1 aliphatic heterocycles. The van der Waals surface area contributed by atoms with Crippen molar-refractivity contribution in [3.8, 4) is 11.3 Å². The van der Waals surface area contributed by atoms with Gasteiger partial charge in [0.05, 0.1) is 11.4 Å². The average molecular weight is 529 g/mol. The second-order valence-electron chi connectivity index (χ2n) is 8.73. The number of halogens is 4. The number of carbonyl (C=O) groups is 1. The lowest BCUT2D eigenvalue weighted by atomic mass is 10.0. The van der Waals surface area contributed by atoms with E-state index < -0.39 is 5.82 Å². The summed E-state index contributed by atoms with van der Waals surface area (Å²) >= 11 is 5.86.